The van der Waals surface area contributed by atoms with Crippen LogP contribution in [0.25, 0.3) is 0 Å². The third kappa shape index (κ3) is 2.95. The molecule has 3 aliphatic rings. The Morgan fingerprint density at radius 3 is 2.35 bits per heavy atom. The highest BCUT2D eigenvalue weighted by molar-refractivity contribution is 6.74. The zero-order chi connectivity index (χ0) is 19.5. The Morgan fingerprint density at radius 2 is 1.77 bits per heavy atom. The molecule has 0 amide bonds. The normalized spacial score (nSPS) is 43.9. The molecule has 3 nitrogen and oxygen atoms in total. The van der Waals surface area contributed by atoms with Crippen LogP contribution in [-0.4, -0.2) is 31.9 Å². The molecule has 4 heteroatoms. The highest BCUT2D eigenvalue weighted by Gasteiger charge is 2.60. The Balaban J connectivity index is 1.83. The van der Waals surface area contributed by atoms with Gasteiger partial charge in [-0.3, -0.25) is 4.79 Å². The Kier molecular flexibility index (Phi) is 5.07. The standard InChI is InChI=1S/C22H40O3Si/c1-20(2,3)26(6,7)25-19-11-9-16-15-8-10-18(24)22(5,14-23)17(15)12-13-21(16,19)4/h15-17,19,23H,8-14H2,1-7H3/t15?,16?,17?,19-,21-,22+/m0/s1. The second kappa shape index (κ2) is 6.42. The molecule has 3 saturated carbocycles. The van der Waals surface area contributed by atoms with Crippen molar-refractivity contribution in [3.8, 4) is 0 Å². The first-order valence-corrected chi connectivity index (χ1v) is 13.6. The predicted octanol–water partition coefficient (Wildman–Crippen LogP) is 5.18. The van der Waals surface area contributed by atoms with E-state index in [0.717, 1.165) is 19.3 Å². The van der Waals surface area contributed by atoms with Crippen LogP contribution in [0.4, 0.5) is 0 Å². The van der Waals surface area contributed by atoms with Crippen LogP contribution in [0.2, 0.25) is 18.1 Å². The third-order valence-corrected chi connectivity index (χ3v) is 13.6. The van der Waals surface area contributed by atoms with Gasteiger partial charge in [-0.15, -0.1) is 0 Å². The quantitative estimate of drug-likeness (QED) is 0.686. The van der Waals surface area contributed by atoms with E-state index in [0.29, 0.717) is 30.3 Å². The SMILES string of the molecule is CC(C)(C)[Si](C)(C)O[C@H]1CCC2C3CCC(=O)[C@](C)(CO)C3CC[C@@]21C. The summed E-state index contributed by atoms with van der Waals surface area (Å²) in [7, 11) is -1.78. The number of fused-ring (bicyclic) bond motifs is 3. The molecule has 0 aromatic heterocycles. The van der Waals surface area contributed by atoms with Gasteiger partial charge < -0.3 is 9.53 Å². The van der Waals surface area contributed by atoms with Gasteiger partial charge in [-0.05, 0) is 73.4 Å². The Bertz CT molecular complexity index is 566. The summed E-state index contributed by atoms with van der Waals surface area (Å²) in [5, 5.41) is 10.3. The molecule has 0 saturated heterocycles. The lowest BCUT2D eigenvalue weighted by Crippen LogP contribution is -2.55. The van der Waals surface area contributed by atoms with Gasteiger partial charge in [-0.1, -0.05) is 34.6 Å². The van der Waals surface area contributed by atoms with Crippen molar-refractivity contribution in [2.75, 3.05) is 6.61 Å². The van der Waals surface area contributed by atoms with Crippen molar-refractivity contribution in [2.45, 2.75) is 97.4 Å². The fraction of sp³-hybridized carbons (Fsp3) is 0.955. The molecule has 3 unspecified atom stereocenters. The second-order valence-corrected chi connectivity index (χ2v) is 16.2. The molecule has 0 aliphatic heterocycles. The summed E-state index contributed by atoms with van der Waals surface area (Å²) in [6.45, 7) is 16.2. The van der Waals surface area contributed by atoms with E-state index in [2.05, 4.69) is 40.8 Å². The van der Waals surface area contributed by atoms with Gasteiger partial charge in [0, 0.05) is 6.42 Å². The Hall–Kier alpha value is -0.193. The van der Waals surface area contributed by atoms with Gasteiger partial charge in [0.05, 0.1) is 18.1 Å². The zero-order valence-corrected chi connectivity index (χ0v) is 19.0. The summed E-state index contributed by atoms with van der Waals surface area (Å²) in [6, 6.07) is 0. The minimum Gasteiger partial charge on any atom is -0.413 e. The van der Waals surface area contributed by atoms with Crippen LogP contribution in [0, 0.1) is 28.6 Å². The average molecular weight is 381 g/mol. The Labute approximate surface area is 161 Å². The largest absolute Gasteiger partial charge is 0.413 e. The van der Waals surface area contributed by atoms with Crippen molar-refractivity contribution in [1.29, 1.82) is 0 Å². The van der Waals surface area contributed by atoms with Crippen LogP contribution in [0.5, 0.6) is 0 Å². The summed E-state index contributed by atoms with van der Waals surface area (Å²) in [5.41, 5.74) is -0.268. The van der Waals surface area contributed by atoms with Gasteiger partial charge in [-0.25, -0.2) is 0 Å². The number of rotatable bonds is 3. The molecule has 0 spiro atoms. The highest BCUT2D eigenvalue weighted by Crippen LogP contribution is 2.63. The molecule has 3 aliphatic carbocycles. The minimum atomic E-state index is -1.78. The lowest BCUT2D eigenvalue weighted by atomic mass is 9.50. The van der Waals surface area contributed by atoms with E-state index < -0.39 is 13.7 Å². The van der Waals surface area contributed by atoms with Crippen molar-refractivity contribution in [3.63, 3.8) is 0 Å². The van der Waals surface area contributed by atoms with E-state index >= 15 is 0 Å². The molecule has 150 valence electrons. The van der Waals surface area contributed by atoms with E-state index in [1.165, 1.54) is 12.8 Å². The lowest BCUT2D eigenvalue weighted by molar-refractivity contribution is -0.150. The molecule has 0 bridgehead atoms. The lowest BCUT2D eigenvalue weighted by Gasteiger charge is -2.56. The van der Waals surface area contributed by atoms with Gasteiger partial charge >= 0.3 is 0 Å². The Morgan fingerprint density at radius 1 is 1.12 bits per heavy atom. The van der Waals surface area contributed by atoms with Crippen molar-refractivity contribution in [2.24, 2.45) is 28.6 Å². The molecule has 0 aromatic carbocycles. The van der Waals surface area contributed by atoms with Gasteiger partial charge in [0.25, 0.3) is 0 Å². The first-order chi connectivity index (χ1) is 11.9. The van der Waals surface area contributed by atoms with E-state index in [1.807, 2.05) is 6.92 Å². The summed E-state index contributed by atoms with van der Waals surface area (Å²) in [6.07, 6.45) is 6.64. The average Bonchev–Trinajstić information content (AvgIpc) is 2.86. The number of aliphatic hydroxyl groups excluding tert-OH is 1. The maximum absolute atomic E-state index is 12.6. The molecular weight excluding hydrogens is 340 g/mol. The van der Waals surface area contributed by atoms with Crippen LogP contribution >= 0.6 is 0 Å². The number of carbonyl (C=O) groups excluding carboxylic acids is 1. The topological polar surface area (TPSA) is 46.5 Å². The predicted molar refractivity (Wildman–Crippen MR) is 109 cm³/mol. The number of hydrogen-bond donors (Lipinski definition) is 1. The maximum Gasteiger partial charge on any atom is 0.192 e. The van der Waals surface area contributed by atoms with Crippen molar-refractivity contribution in [1.82, 2.24) is 0 Å². The minimum absolute atomic E-state index is 0.0142. The smallest absolute Gasteiger partial charge is 0.192 e. The first-order valence-electron chi connectivity index (χ1n) is 10.7. The molecule has 0 aromatic rings. The van der Waals surface area contributed by atoms with E-state index in [9.17, 15) is 9.90 Å². The zero-order valence-electron chi connectivity index (χ0n) is 18.0. The van der Waals surface area contributed by atoms with Gasteiger partial charge in [0.1, 0.15) is 5.78 Å². The van der Waals surface area contributed by atoms with Crippen LogP contribution in [0.1, 0.15) is 73.1 Å². The molecule has 26 heavy (non-hydrogen) atoms. The summed E-state index contributed by atoms with van der Waals surface area (Å²) >= 11 is 0. The number of carbonyl (C=O) groups is 1. The van der Waals surface area contributed by atoms with Gasteiger partial charge in [0.2, 0.25) is 0 Å². The van der Waals surface area contributed by atoms with Crippen LogP contribution in [-0.2, 0) is 9.22 Å². The molecule has 3 fully saturated rings. The molecule has 1 N–H and O–H groups in total. The van der Waals surface area contributed by atoms with Crippen molar-refractivity contribution < 1.29 is 14.3 Å². The second-order valence-electron chi connectivity index (χ2n) is 11.4. The number of hydrogen-bond acceptors (Lipinski definition) is 3. The van der Waals surface area contributed by atoms with Gasteiger partial charge in [0.15, 0.2) is 8.32 Å². The summed E-state index contributed by atoms with van der Waals surface area (Å²) in [4.78, 5) is 12.6. The molecule has 0 heterocycles. The van der Waals surface area contributed by atoms with E-state index in [1.54, 1.807) is 0 Å². The molecular formula is C22H40O3Si. The van der Waals surface area contributed by atoms with Crippen LogP contribution in [0.15, 0.2) is 0 Å². The van der Waals surface area contributed by atoms with Crippen molar-refractivity contribution in [3.05, 3.63) is 0 Å². The monoisotopic (exact) mass is 380 g/mol. The summed E-state index contributed by atoms with van der Waals surface area (Å²) in [5.74, 6) is 1.88. The number of aliphatic hydroxyl groups is 1. The fourth-order valence-corrected chi connectivity index (χ4v) is 7.61. The molecule has 3 rings (SSSR count). The van der Waals surface area contributed by atoms with E-state index in [4.69, 9.17) is 4.43 Å². The number of Topliss-reactive ketones (excluding diaryl/α,β-unsaturated/α-hetero) is 1. The molecule has 0 radical (unpaired) electrons. The fourth-order valence-electron chi connectivity index (χ4n) is 6.15. The number of ketones is 1. The first kappa shape index (κ1) is 20.5. The maximum atomic E-state index is 12.6. The van der Waals surface area contributed by atoms with Crippen molar-refractivity contribution >= 4 is 14.1 Å². The molecule has 6 atom stereocenters. The highest BCUT2D eigenvalue weighted by atomic mass is 28.4. The third-order valence-electron chi connectivity index (χ3n) is 9.08. The summed E-state index contributed by atoms with van der Waals surface area (Å²) < 4.78 is 6.94. The van der Waals surface area contributed by atoms with Crippen LogP contribution in [0.3, 0.4) is 0 Å². The van der Waals surface area contributed by atoms with E-state index in [-0.39, 0.29) is 22.8 Å². The van der Waals surface area contributed by atoms with Gasteiger partial charge in [-0.2, -0.15) is 0 Å². The van der Waals surface area contributed by atoms with Crippen LogP contribution < -0.4 is 0 Å².